The molecule has 1 aliphatic carbocycles. The maximum absolute atomic E-state index is 12.9. The molecule has 1 saturated heterocycles. The molecule has 0 spiro atoms. The number of carbonyl (C=O) groups is 4. The van der Waals surface area contributed by atoms with Gasteiger partial charge in [-0.3, -0.25) is 19.2 Å². The zero-order chi connectivity index (χ0) is 18.7. The molecule has 0 saturated carbocycles. The molecule has 8 nitrogen and oxygen atoms in total. The monoisotopic (exact) mass is 358 g/mol. The molecule has 0 N–H and O–H groups in total. The summed E-state index contributed by atoms with van der Waals surface area (Å²) < 4.78 is 12.3. The van der Waals surface area contributed by atoms with Crippen LogP contribution < -0.4 is 0 Å². The van der Waals surface area contributed by atoms with Gasteiger partial charge in [-0.05, 0) is 12.5 Å². The maximum atomic E-state index is 12.9. The first-order chi connectivity index (χ1) is 12.3. The van der Waals surface area contributed by atoms with E-state index < -0.39 is 24.1 Å². The van der Waals surface area contributed by atoms with E-state index in [0.29, 0.717) is 22.5 Å². The lowest BCUT2D eigenvalue weighted by atomic mass is 9.94. The molecule has 2 atom stereocenters. The number of fused-ring (bicyclic) bond motifs is 3. The van der Waals surface area contributed by atoms with Crippen molar-refractivity contribution in [3.8, 4) is 0 Å². The summed E-state index contributed by atoms with van der Waals surface area (Å²) in [6.45, 7) is 5.95. The average Bonchev–Trinajstić information content (AvgIpc) is 3.27. The van der Waals surface area contributed by atoms with Crippen LogP contribution in [0.4, 0.5) is 0 Å². The molecule has 0 amide bonds. The minimum Gasteiger partial charge on any atom is -0.456 e. The normalized spacial score (nSPS) is 23.3. The zero-order valence-electron chi connectivity index (χ0n) is 14.7. The van der Waals surface area contributed by atoms with Gasteiger partial charge in [-0.15, -0.1) is 0 Å². The topological polar surface area (TPSA) is 94.7 Å². The van der Waals surface area contributed by atoms with E-state index in [0.717, 1.165) is 13.1 Å². The number of Topliss-reactive ketones (excluding diaryl/α,β-unsaturated/α-hetero) is 1. The van der Waals surface area contributed by atoms with E-state index in [1.54, 1.807) is 11.5 Å². The van der Waals surface area contributed by atoms with Crippen LogP contribution in [0, 0.1) is 6.92 Å². The Balaban J connectivity index is 1.82. The third-order valence-corrected chi connectivity index (χ3v) is 4.89. The van der Waals surface area contributed by atoms with Crippen LogP contribution in [0.15, 0.2) is 11.8 Å². The minimum absolute atomic E-state index is 0.162. The van der Waals surface area contributed by atoms with Gasteiger partial charge in [0, 0.05) is 33.0 Å². The summed E-state index contributed by atoms with van der Waals surface area (Å²) in [5.41, 5.74) is 2.17. The lowest BCUT2D eigenvalue weighted by Gasteiger charge is -2.20. The number of ether oxygens (including phenoxy) is 2. The van der Waals surface area contributed by atoms with Gasteiger partial charge >= 0.3 is 11.9 Å². The Morgan fingerprint density at radius 2 is 1.77 bits per heavy atom. The van der Waals surface area contributed by atoms with E-state index in [4.69, 9.17) is 9.47 Å². The molecule has 0 unspecified atom stereocenters. The first-order valence-corrected chi connectivity index (χ1v) is 8.42. The largest absolute Gasteiger partial charge is 0.456 e. The van der Waals surface area contributed by atoms with Gasteiger partial charge in [0.2, 0.25) is 11.6 Å². The van der Waals surface area contributed by atoms with Crippen LogP contribution in [0.2, 0.25) is 0 Å². The van der Waals surface area contributed by atoms with Crippen molar-refractivity contribution in [3.63, 3.8) is 0 Å². The second-order valence-electron chi connectivity index (χ2n) is 6.73. The lowest BCUT2D eigenvalue weighted by molar-refractivity contribution is -0.164. The molecule has 4 rings (SSSR count). The van der Waals surface area contributed by atoms with Crippen LogP contribution in [0.3, 0.4) is 0 Å². The molecule has 1 aromatic rings. The first kappa shape index (κ1) is 16.6. The van der Waals surface area contributed by atoms with E-state index in [1.165, 1.54) is 19.9 Å². The number of aromatic nitrogens is 1. The highest BCUT2D eigenvalue weighted by Crippen LogP contribution is 2.42. The Kier molecular flexibility index (Phi) is 3.54. The summed E-state index contributed by atoms with van der Waals surface area (Å²) in [6.07, 6.45) is -0.201. The van der Waals surface area contributed by atoms with Gasteiger partial charge in [-0.25, -0.2) is 0 Å². The summed E-state index contributed by atoms with van der Waals surface area (Å²) in [4.78, 5) is 50.4. The van der Waals surface area contributed by atoms with Crippen molar-refractivity contribution in [2.75, 3.05) is 13.1 Å². The van der Waals surface area contributed by atoms with E-state index in [-0.39, 0.29) is 23.8 Å². The second kappa shape index (κ2) is 5.55. The molecule has 136 valence electrons. The molecule has 3 heterocycles. The van der Waals surface area contributed by atoms with Crippen molar-refractivity contribution in [2.45, 2.75) is 39.5 Å². The fourth-order valence-corrected chi connectivity index (χ4v) is 3.84. The summed E-state index contributed by atoms with van der Waals surface area (Å²) in [7, 11) is 0. The van der Waals surface area contributed by atoms with Crippen molar-refractivity contribution < 1.29 is 28.7 Å². The van der Waals surface area contributed by atoms with Crippen LogP contribution in [0.25, 0.3) is 0 Å². The van der Waals surface area contributed by atoms with E-state index in [9.17, 15) is 19.2 Å². The number of ketones is 2. The SMILES string of the molecule is CC(=O)O[C@H]1Cn2c3c(c(C)c2[C@H]1OC(C)=O)C(=O)C(N1CC1)=CC3=O. The predicted octanol–water partition coefficient (Wildman–Crippen LogP) is 0.925. The lowest BCUT2D eigenvalue weighted by Crippen LogP contribution is -2.27. The molecule has 8 heteroatoms. The molecule has 0 radical (unpaired) electrons. The highest BCUT2D eigenvalue weighted by Gasteiger charge is 2.46. The molecule has 0 aromatic carbocycles. The fourth-order valence-electron chi connectivity index (χ4n) is 3.84. The fraction of sp³-hybridized carbons (Fsp3) is 0.444. The van der Waals surface area contributed by atoms with Crippen LogP contribution >= 0.6 is 0 Å². The highest BCUT2D eigenvalue weighted by atomic mass is 16.6. The molecule has 1 aromatic heterocycles. The van der Waals surface area contributed by atoms with E-state index in [2.05, 4.69) is 0 Å². The number of nitrogens with zero attached hydrogens (tertiary/aromatic N) is 2. The van der Waals surface area contributed by atoms with Gasteiger partial charge in [0.1, 0.15) is 5.69 Å². The van der Waals surface area contributed by atoms with Crippen molar-refractivity contribution in [3.05, 3.63) is 34.3 Å². The van der Waals surface area contributed by atoms with Crippen molar-refractivity contribution in [2.24, 2.45) is 0 Å². The highest BCUT2D eigenvalue weighted by molar-refractivity contribution is 6.24. The third kappa shape index (κ3) is 2.36. The smallest absolute Gasteiger partial charge is 0.303 e. The quantitative estimate of drug-likeness (QED) is 0.586. The Labute approximate surface area is 149 Å². The van der Waals surface area contributed by atoms with E-state index in [1.807, 2.05) is 4.90 Å². The Morgan fingerprint density at radius 1 is 1.12 bits per heavy atom. The van der Waals surface area contributed by atoms with Gasteiger partial charge in [0.15, 0.2) is 12.2 Å². The Hall–Kier alpha value is -2.90. The first-order valence-electron chi connectivity index (χ1n) is 8.42. The minimum atomic E-state index is -0.840. The second-order valence-corrected chi connectivity index (χ2v) is 6.73. The predicted molar refractivity (Wildman–Crippen MR) is 87.5 cm³/mol. The van der Waals surface area contributed by atoms with Crippen LogP contribution in [0.5, 0.6) is 0 Å². The van der Waals surface area contributed by atoms with Crippen LogP contribution in [-0.4, -0.2) is 52.2 Å². The number of allylic oxidation sites excluding steroid dienone is 2. The molecule has 3 aliphatic rings. The van der Waals surface area contributed by atoms with E-state index >= 15 is 0 Å². The summed E-state index contributed by atoms with van der Waals surface area (Å²) in [5.74, 6) is -1.49. The Morgan fingerprint density at radius 3 is 2.35 bits per heavy atom. The number of esters is 2. The summed E-state index contributed by atoms with van der Waals surface area (Å²) >= 11 is 0. The van der Waals surface area contributed by atoms with Gasteiger partial charge in [0.25, 0.3) is 0 Å². The Bertz CT molecular complexity index is 905. The molecule has 26 heavy (non-hydrogen) atoms. The summed E-state index contributed by atoms with van der Waals surface area (Å²) in [6, 6.07) is 0. The van der Waals surface area contributed by atoms with Crippen molar-refractivity contribution >= 4 is 23.5 Å². The van der Waals surface area contributed by atoms with Gasteiger partial charge in [0.05, 0.1) is 23.5 Å². The number of hydrogen-bond acceptors (Lipinski definition) is 7. The molecular weight excluding hydrogens is 340 g/mol. The van der Waals surface area contributed by atoms with Gasteiger partial charge in [-0.2, -0.15) is 0 Å². The molecule has 2 aliphatic heterocycles. The third-order valence-electron chi connectivity index (χ3n) is 4.89. The zero-order valence-corrected chi connectivity index (χ0v) is 14.7. The number of hydrogen-bond donors (Lipinski definition) is 0. The molecule has 1 fully saturated rings. The van der Waals surface area contributed by atoms with Crippen LogP contribution in [0.1, 0.15) is 52.1 Å². The van der Waals surface area contributed by atoms with Gasteiger partial charge in [-0.1, -0.05) is 0 Å². The number of rotatable bonds is 3. The molecular formula is C18H18N2O6. The number of carbonyl (C=O) groups excluding carboxylic acids is 4. The summed E-state index contributed by atoms with van der Waals surface area (Å²) in [5, 5.41) is 0. The average molecular weight is 358 g/mol. The maximum Gasteiger partial charge on any atom is 0.303 e. The molecule has 0 bridgehead atoms. The van der Waals surface area contributed by atoms with Crippen molar-refractivity contribution in [1.82, 2.24) is 9.47 Å². The standard InChI is InChI=1S/C18H18N2O6/c1-8-14-16(12(23)6-11(17(14)24)19-4-5-19)20-7-13(25-9(2)21)18(15(8)20)26-10(3)22/h6,13,18H,4-5,7H2,1-3H3/t13-,18-/m0/s1. The van der Waals surface area contributed by atoms with Gasteiger partial charge < -0.3 is 18.9 Å². The van der Waals surface area contributed by atoms with Crippen LogP contribution in [-0.2, 0) is 25.6 Å². The van der Waals surface area contributed by atoms with Crippen molar-refractivity contribution in [1.29, 1.82) is 0 Å².